The van der Waals surface area contributed by atoms with Crippen molar-refractivity contribution in [3.63, 3.8) is 0 Å². The Hall–Kier alpha value is 0. The lowest BCUT2D eigenvalue weighted by atomic mass is 9.93. The number of unbranched alkanes of at least 4 members (excludes halogenated alkanes) is 3. The molecule has 0 spiro atoms. The van der Waals surface area contributed by atoms with Crippen molar-refractivity contribution in [2.24, 2.45) is 11.3 Å². The van der Waals surface area contributed by atoms with E-state index >= 15 is 0 Å². The van der Waals surface area contributed by atoms with Gasteiger partial charge >= 0.3 is 0 Å². The Morgan fingerprint density at radius 3 is 2.25 bits per heavy atom. The largest absolute Gasteiger partial charge is 0.0654 e. The molecule has 12 heavy (non-hydrogen) atoms. The van der Waals surface area contributed by atoms with Crippen LogP contribution >= 0.6 is 0 Å². The molecule has 0 aromatic rings. The van der Waals surface area contributed by atoms with Crippen LogP contribution < -0.4 is 0 Å². The van der Waals surface area contributed by atoms with Crippen LogP contribution in [0, 0.1) is 11.3 Å². The van der Waals surface area contributed by atoms with E-state index in [1.165, 1.54) is 44.9 Å². The molecule has 0 saturated heterocycles. The third-order valence-corrected chi connectivity index (χ3v) is 3.83. The second kappa shape index (κ2) is 4.30. The fourth-order valence-corrected chi connectivity index (χ4v) is 2.47. The summed E-state index contributed by atoms with van der Waals surface area (Å²) in [7, 11) is 0. The van der Waals surface area contributed by atoms with E-state index in [1.807, 2.05) is 0 Å². The van der Waals surface area contributed by atoms with E-state index < -0.39 is 0 Å². The van der Waals surface area contributed by atoms with Crippen molar-refractivity contribution in [1.82, 2.24) is 0 Å². The van der Waals surface area contributed by atoms with E-state index in [4.69, 9.17) is 0 Å². The van der Waals surface area contributed by atoms with Crippen LogP contribution in [0.3, 0.4) is 0 Å². The van der Waals surface area contributed by atoms with E-state index in [2.05, 4.69) is 20.8 Å². The van der Waals surface area contributed by atoms with Gasteiger partial charge in [-0.2, -0.15) is 0 Å². The number of rotatable bonds is 6. The minimum Gasteiger partial charge on any atom is -0.0654 e. The Bertz CT molecular complexity index is 124. The standard InChI is InChI=1S/C12H24/c1-4-6-7-8-9-12(5-2)10-11(12)3/h11H,4-10H2,1-3H3. The van der Waals surface area contributed by atoms with E-state index in [9.17, 15) is 0 Å². The number of hydrogen-bond acceptors (Lipinski definition) is 0. The summed E-state index contributed by atoms with van der Waals surface area (Å²) in [6, 6.07) is 0. The van der Waals surface area contributed by atoms with Crippen LogP contribution in [0.25, 0.3) is 0 Å². The summed E-state index contributed by atoms with van der Waals surface area (Å²) in [5, 5.41) is 0. The van der Waals surface area contributed by atoms with Gasteiger partial charge in [0.2, 0.25) is 0 Å². The summed E-state index contributed by atoms with van der Waals surface area (Å²) in [5.74, 6) is 1.03. The Labute approximate surface area is 77.7 Å². The predicted molar refractivity (Wildman–Crippen MR) is 55.3 cm³/mol. The average Bonchev–Trinajstić information content (AvgIpc) is 2.72. The zero-order valence-corrected chi connectivity index (χ0v) is 9.03. The van der Waals surface area contributed by atoms with Gasteiger partial charge in [0.1, 0.15) is 0 Å². The Kier molecular flexibility index (Phi) is 3.61. The molecule has 72 valence electrons. The maximum Gasteiger partial charge on any atom is -0.0271 e. The average molecular weight is 168 g/mol. The van der Waals surface area contributed by atoms with Crippen molar-refractivity contribution in [3.8, 4) is 0 Å². The van der Waals surface area contributed by atoms with Gasteiger partial charge in [-0.05, 0) is 24.2 Å². The molecule has 2 unspecified atom stereocenters. The predicted octanol–water partition coefficient (Wildman–Crippen LogP) is 4.39. The SMILES string of the molecule is CCCCCCC1(CC)CC1C. The zero-order chi connectivity index (χ0) is 9.03. The molecular formula is C12H24. The maximum atomic E-state index is 2.42. The second-order valence-corrected chi connectivity index (χ2v) is 4.63. The van der Waals surface area contributed by atoms with Crippen molar-refractivity contribution in [2.75, 3.05) is 0 Å². The lowest BCUT2D eigenvalue weighted by molar-refractivity contribution is 0.390. The highest BCUT2D eigenvalue weighted by Crippen LogP contribution is 2.58. The smallest absolute Gasteiger partial charge is 0.0271 e. The van der Waals surface area contributed by atoms with E-state index in [0.717, 1.165) is 11.3 Å². The van der Waals surface area contributed by atoms with E-state index in [-0.39, 0.29) is 0 Å². The Balaban J connectivity index is 2.06. The quantitative estimate of drug-likeness (QED) is 0.516. The van der Waals surface area contributed by atoms with Crippen LogP contribution in [0.2, 0.25) is 0 Å². The first-order chi connectivity index (χ1) is 5.75. The third kappa shape index (κ3) is 2.24. The second-order valence-electron chi connectivity index (χ2n) is 4.63. The molecular weight excluding hydrogens is 144 g/mol. The molecule has 1 aliphatic rings. The maximum absolute atomic E-state index is 2.42. The first-order valence-corrected chi connectivity index (χ1v) is 5.75. The van der Waals surface area contributed by atoms with Crippen molar-refractivity contribution in [2.45, 2.75) is 65.7 Å². The molecule has 0 N–H and O–H groups in total. The minimum absolute atomic E-state index is 0.799. The van der Waals surface area contributed by atoms with Crippen LogP contribution in [0.4, 0.5) is 0 Å². The van der Waals surface area contributed by atoms with Gasteiger partial charge in [-0.3, -0.25) is 0 Å². The highest BCUT2D eigenvalue weighted by molar-refractivity contribution is 4.98. The van der Waals surface area contributed by atoms with Gasteiger partial charge in [0, 0.05) is 0 Å². The van der Waals surface area contributed by atoms with Gasteiger partial charge in [-0.1, -0.05) is 52.9 Å². The van der Waals surface area contributed by atoms with Crippen LogP contribution in [0.1, 0.15) is 65.7 Å². The Morgan fingerprint density at radius 2 is 1.83 bits per heavy atom. The summed E-state index contributed by atoms with van der Waals surface area (Å²) in [6.07, 6.45) is 10.2. The fourth-order valence-electron chi connectivity index (χ4n) is 2.47. The molecule has 0 radical (unpaired) electrons. The van der Waals surface area contributed by atoms with Crippen molar-refractivity contribution < 1.29 is 0 Å². The van der Waals surface area contributed by atoms with Gasteiger partial charge in [-0.25, -0.2) is 0 Å². The molecule has 0 bridgehead atoms. The van der Waals surface area contributed by atoms with Crippen molar-refractivity contribution >= 4 is 0 Å². The molecule has 0 aliphatic heterocycles. The van der Waals surface area contributed by atoms with Crippen molar-refractivity contribution in [3.05, 3.63) is 0 Å². The lowest BCUT2D eigenvalue weighted by Gasteiger charge is -2.12. The van der Waals surface area contributed by atoms with Gasteiger partial charge in [0.25, 0.3) is 0 Å². The van der Waals surface area contributed by atoms with Gasteiger partial charge < -0.3 is 0 Å². The van der Waals surface area contributed by atoms with E-state index in [0.29, 0.717) is 0 Å². The Morgan fingerprint density at radius 1 is 1.17 bits per heavy atom. The zero-order valence-electron chi connectivity index (χ0n) is 9.03. The normalized spacial score (nSPS) is 33.8. The number of hydrogen-bond donors (Lipinski definition) is 0. The first-order valence-electron chi connectivity index (χ1n) is 5.75. The summed E-state index contributed by atoms with van der Waals surface area (Å²) in [5.41, 5.74) is 0.799. The van der Waals surface area contributed by atoms with E-state index in [1.54, 1.807) is 0 Å². The topological polar surface area (TPSA) is 0 Å². The summed E-state index contributed by atoms with van der Waals surface area (Å²) in [4.78, 5) is 0. The van der Waals surface area contributed by atoms with Gasteiger partial charge in [-0.15, -0.1) is 0 Å². The summed E-state index contributed by atoms with van der Waals surface area (Å²) >= 11 is 0. The van der Waals surface area contributed by atoms with Crippen LogP contribution in [-0.2, 0) is 0 Å². The van der Waals surface area contributed by atoms with Crippen LogP contribution in [0.5, 0.6) is 0 Å². The summed E-state index contributed by atoms with van der Waals surface area (Å²) < 4.78 is 0. The molecule has 0 heterocycles. The first kappa shape index (κ1) is 10.1. The molecule has 1 saturated carbocycles. The van der Waals surface area contributed by atoms with Gasteiger partial charge in [0.15, 0.2) is 0 Å². The van der Waals surface area contributed by atoms with Crippen molar-refractivity contribution in [1.29, 1.82) is 0 Å². The monoisotopic (exact) mass is 168 g/mol. The molecule has 1 fully saturated rings. The molecule has 0 aromatic heterocycles. The molecule has 1 aliphatic carbocycles. The highest BCUT2D eigenvalue weighted by Gasteiger charge is 2.47. The highest BCUT2D eigenvalue weighted by atomic mass is 14.5. The molecule has 0 aromatic carbocycles. The molecule has 1 rings (SSSR count). The van der Waals surface area contributed by atoms with Gasteiger partial charge in [0.05, 0.1) is 0 Å². The molecule has 0 amide bonds. The van der Waals surface area contributed by atoms with Crippen LogP contribution in [0.15, 0.2) is 0 Å². The minimum atomic E-state index is 0.799. The fraction of sp³-hybridized carbons (Fsp3) is 1.00. The summed E-state index contributed by atoms with van der Waals surface area (Å²) in [6.45, 7) is 7.07. The lowest BCUT2D eigenvalue weighted by Crippen LogP contribution is -2.00. The molecule has 0 nitrogen and oxygen atoms in total. The molecule has 0 heteroatoms. The van der Waals surface area contributed by atoms with Crippen LogP contribution in [-0.4, -0.2) is 0 Å². The molecule has 2 atom stereocenters. The third-order valence-electron chi connectivity index (χ3n) is 3.83.